The van der Waals surface area contributed by atoms with Gasteiger partial charge >= 0.3 is 5.97 Å². The van der Waals surface area contributed by atoms with Crippen molar-refractivity contribution in [1.29, 1.82) is 0 Å². The predicted octanol–water partition coefficient (Wildman–Crippen LogP) is 3.24. The first-order valence-electron chi connectivity index (χ1n) is 7.24. The third-order valence-electron chi connectivity index (χ3n) is 3.27. The number of aliphatic carboxylic acids is 1. The molecule has 0 radical (unpaired) electrons. The van der Waals surface area contributed by atoms with Crippen molar-refractivity contribution in [1.82, 2.24) is 5.32 Å². The van der Waals surface area contributed by atoms with Crippen LogP contribution in [0.25, 0.3) is 0 Å². The van der Waals surface area contributed by atoms with Crippen LogP contribution in [0.4, 0.5) is 0 Å². The van der Waals surface area contributed by atoms with Crippen LogP contribution in [-0.4, -0.2) is 23.7 Å². The molecule has 2 N–H and O–H groups in total. The summed E-state index contributed by atoms with van der Waals surface area (Å²) in [5.41, 5.74) is 1.31. The van der Waals surface area contributed by atoms with E-state index in [2.05, 4.69) is 24.4 Å². The number of hydrogen-bond donors (Lipinski definition) is 2. The van der Waals surface area contributed by atoms with E-state index >= 15 is 0 Å². The Morgan fingerprint density at radius 2 is 1.95 bits per heavy atom. The summed E-state index contributed by atoms with van der Waals surface area (Å²) in [6, 6.07) is 9.91. The van der Waals surface area contributed by atoms with Crippen LogP contribution >= 0.6 is 0 Å². The van der Waals surface area contributed by atoms with Crippen molar-refractivity contribution in [3.8, 4) is 0 Å². The highest BCUT2D eigenvalue weighted by molar-refractivity contribution is 5.73. The molecular formula is C16H25NO2. The molecule has 0 unspecified atom stereocenters. The Labute approximate surface area is 116 Å². The van der Waals surface area contributed by atoms with E-state index in [0.29, 0.717) is 0 Å². The Bertz CT molecular complexity index is 351. The number of rotatable bonds is 10. The molecule has 0 fully saturated rings. The molecule has 19 heavy (non-hydrogen) atoms. The largest absolute Gasteiger partial charge is 0.480 e. The molecule has 3 nitrogen and oxygen atoms in total. The van der Waals surface area contributed by atoms with Crippen molar-refractivity contribution in [2.75, 3.05) is 6.54 Å². The molecule has 0 saturated heterocycles. The van der Waals surface area contributed by atoms with Crippen LogP contribution in [0.1, 0.15) is 44.6 Å². The fourth-order valence-electron chi connectivity index (χ4n) is 2.12. The first-order valence-corrected chi connectivity index (χ1v) is 7.24. The first kappa shape index (κ1) is 15.7. The predicted molar refractivity (Wildman–Crippen MR) is 78.3 cm³/mol. The van der Waals surface area contributed by atoms with Gasteiger partial charge in [0.15, 0.2) is 0 Å². The van der Waals surface area contributed by atoms with Gasteiger partial charge in [-0.1, -0.05) is 56.5 Å². The number of benzene rings is 1. The highest BCUT2D eigenvalue weighted by Crippen LogP contribution is 2.05. The summed E-state index contributed by atoms with van der Waals surface area (Å²) in [5, 5.41) is 12.3. The van der Waals surface area contributed by atoms with Gasteiger partial charge in [-0.15, -0.1) is 0 Å². The van der Waals surface area contributed by atoms with Gasteiger partial charge in [0.05, 0.1) is 0 Å². The molecule has 1 atom stereocenters. The average molecular weight is 263 g/mol. The van der Waals surface area contributed by atoms with E-state index in [9.17, 15) is 4.79 Å². The van der Waals surface area contributed by atoms with E-state index in [-0.39, 0.29) is 6.04 Å². The van der Waals surface area contributed by atoms with Crippen molar-refractivity contribution in [3.05, 3.63) is 35.9 Å². The van der Waals surface area contributed by atoms with E-state index in [0.717, 1.165) is 45.1 Å². The van der Waals surface area contributed by atoms with Gasteiger partial charge in [0.1, 0.15) is 6.04 Å². The lowest BCUT2D eigenvalue weighted by Gasteiger charge is -2.14. The number of carboxylic acids is 1. The molecule has 1 aromatic carbocycles. The van der Waals surface area contributed by atoms with Crippen LogP contribution in [0, 0.1) is 0 Å². The van der Waals surface area contributed by atoms with E-state index in [4.69, 9.17) is 5.11 Å². The zero-order valence-electron chi connectivity index (χ0n) is 11.8. The molecule has 0 spiro atoms. The van der Waals surface area contributed by atoms with Crippen molar-refractivity contribution in [2.24, 2.45) is 0 Å². The number of hydrogen-bond acceptors (Lipinski definition) is 2. The summed E-state index contributed by atoms with van der Waals surface area (Å²) in [6.07, 6.45) is 5.92. The molecule has 1 rings (SSSR count). The number of carbonyl (C=O) groups is 1. The Morgan fingerprint density at radius 1 is 1.21 bits per heavy atom. The van der Waals surface area contributed by atoms with Crippen LogP contribution in [0.2, 0.25) is 0 Å². The van der Waals surface area contributed by atoms with Crippen molar-refractivity contribution in [2.45, 2.75) is 51.5 Å². The standard InChI is InChI=1S/C16H25NO2/c1-2-3-5-12-15(16(18)19)17-13-8-11-14-9-6-4-7-10-14/h4,6-7,9-10,15,17H,2-3,5,8,11-13H2,1H3,(H,18,19)/t15-/m0/s1. The molecule has 0 aliphatic rings. The Balaban J connectivity index is 2.19. The molecule has 0 bridgehead atoms. The smallest absolute Gasteiger partial charge is 0.320 e. The number of unbranched alkanes of at least 4 members (excludes halogenated alkanes) is 2. The summed E-state index contributed by atoms with van der Waals surface area (Å²) < 4.78 is 0. The van der Waals surface area contributed by atoms with E-state index in [1.54, 1.807) is 0 Å². The van der Waals surface area contributed by atoms with Crippen molar-refractivity contribution in [3.63, 3.8) is 0 Å². The lowest BCUT2D eigenvalue weighted by Crippen LogP contribution is -2.37. The van der Waals surface area contributed by atoms with Crippen LogP contribution < -0.4 is 5.32 Å². The monoisotopic (exact) mass is 263 g/mol. The van der Waals surface area contributed by atoms with Crippen LogP contribution in [0.5, 0.6) is 0 Å². The zero-order chi connectivity index (χ0) is 13.9. The molecule has 0 amide bonds. The number of carboxylic acid groups (broad SMARTS) is 1. The van der Waals surface area contributed by atoms with Crippen LogP contribution in [0.3, 0.4) is 0 Å². The SMILES string of the molecule is CCCCC[C@H](NCCCc1ccccc1)C(=O)O. The van der Waals surface area contributed by atoms with Gasteiger partial charge < -0.3 is 10.4 Å². The van der Waals surface area contributed by atoms with Crippen LogP contribution in [0.15, 0.2) is 30.3 Å². The van der Waals surface area contributed by atoms with Gasteiger partial charge in [0.25, 0.3) is 0 Å². The summed E-state index contributed by atoms with van der Waals surface area (Å²) in [7, 11) is 0. The minimum atomic E-state index is -0.726. The van der Waals surface area contributed by atoms with E-state index in [1.807, 2.05) is 18.2 Å². The Morgan fingerprint density at radius 3 is 2.58 bits per heavy atom. The molecule has 3 heteroatoms. The van der Waals surface area contributed by atoms with Gasteiger partial charge in [0.2, 0.25) is 0 Å². The molecule has 0 aromatic heterocycles. The molecule has 106 valence electrons. The maximum atomic E-state index is 11.1. The molecule has 1 aromatic rings. The second-order valence-electron chi connectivity index (χ2n) is 4.93. The summed E-state index contributed by atoms with van der Waals surface area (Å²) in [4.78, 5) is 11.1. The third-order valence-corrected chi connectivity index (χ3v) is 3.27. The maximum absolute atomic E-state index is 11.1. The lowest BCUT2D eigenvalue weighted by atomic mass is 10.1. The highest BCUT2D eigenvalue weighted by Gasteiger charge is 2.15. The second kappa shape index (κ2) is 9.56. The van der Waals surface area contributed by atoms with Gasteiger partial charge in [-0.3, -0.25) is 4.79 Å². The second-order valence-corrected chi connectivity index (χ2v) is 4.93. The van der Waals surface area contributed by atoms with E-state index < -0.39 is 5.97 Å². The van der Waals surface area contributed by atoms with Gasteiger partial charge in [-0.25, -0.2) is 0 Å². The van der Waals surface area contributed by atoms with Crippen molar-refractivity contribution < 1.29 is 9.90 Å². The highest BCUT2D eigenvalue weighted by atomic mass is 16.4. The molecule has 0 aliphatic heterocycles. The minimum absolute atomic E-state index is 0.387. The lowest BCUT2D eigenvalue weighted by molar-refractivity contribution is -0.139. The first-order chi connectivity index (χ1) is 9.24. The average Bonchev–Trinajstić information content (AvgIpc) is 2.42. The molecule has 0 heterocycles. The fraction of sp³-hybridized carbons (Fsp3) is 0.562. The van der Waals surface area contributed by atoms with Crippen molar-refractivity contribution >= 4 is 5.97 Å². The minimum Gasteiger partial charge on any atom is -0.480 e. The Kier molecular flexibility index (Phi) is 7.91. The fourth-order valence-corrected chi connectivity index (χ4v) is 2.12. The quantitative estimate of drug-likeness (QED) is 0.637. The molecule has 0 aliphatic carbocycles. The maximum Gasteiger partial charge on any atom is 0.320 e. The number of aryl methyl sites for hydroxylation is 1. The molecular weight excluding hydrogens is 238 g/mol. The van der Waals surface area contributed by atoms with Gasteiger partial charge in [0, 0.05) is 0 Å². The normalized spacial score (nSPS) is 12.3. The third kappa shape index (κ3) is 6.97. The van der Waals surface area contributed by atoms with Gasteiger partial charge in [-0.05, 0) is 31.4 Å². The summed E-state index contributed by atoms with van der Waals surface area (Å²) in [5.74, 6) is -0.726. The van der Waals surface area contributed by atoms with E-state index in [1.165, 1.54) is 5.56 Å². The summed E-state index contributed by atoms with van der Waals surface area (Å²) in [6.45, 7) is 2.89. The molecule has 0 saturated carbocycles. The summed E-state index contributed by atoms with van der Waals surface area (Å²) >= 11 is 0. The zero-order valence-corrected chi connectivity index (χ0v) is 11.8. The number of nitrogens with one attached hydrogen (secondary N) is 1. The topological polar surface area (TPSA) is 49.3 Å². The Hall–Kier alpha value is -1.35. The van der Waals surface area contributed by atoms with Crippen LogP contribution in [-0.2, 0) is 11.2 Å². The van der Waals surface area contributed by atoms with Gasteiger partial charge in [-0.2, -0.15) is 0 Å².